The molecule has 0 bridgehead atoms. The Morgan fingerprint density at radius 1 is 0.867 bits per heavy atom. The lowest BCUT2D eigenvalue weighted by molar-refractivity contribution is -0.274. The van der Waals surface area contributed by atoms with Crippen molar-refractivity contribution < 1.29 is 32.2 Å². The molecule has 0 fully saturated rings. The maximum absolute atomic E-state index is 14.1. The minimum absolute atomic E-state index is 0.0552. The van der Waals surface area contributed by atoms with Crippen molar-refractivity contribution in [1.29, 1.82) is 0 Å². The van der Waals surface area contributed by atoms with Crippen LogP contribution in [0.5, 0.6) is 5.75 Å². The molecule has 45 heavy (non-hydrogen) atoms. The van der Waals surface area contributed by atoms with Crippen LogP contribution in [0.2, 0.25) is 5.02 Å². The van der Waals surface area contributed by atoms with E-state index in [0.29, 0.717) is 27.3 Å². The molecule has 0 aliphatic heterocycles. The second-order valence-corrected chi connectivity index (χ2v) is 11.1. The fraction of sp³-hybridized carbons (Fsp3) is 0.257. The van der Waals surface area contributed by atoms with Gasteiger partial charge in [-0.25, -0.2) is 0 Å². The molecule has 6 nitrogen and oxygen atoms in total. The number of halogens is 4. The van der Waals surface area contributed by atoms with E-state index in [1.54, 1.807) is 44.3 Å². The Morgan fingerprint density at radius 2 is 1.44 bits per heavy atom. The number of nitrogens with zero attached hydrogens (tertiary/aromatic N) is 1. The normalized spacial score (nSPS) is 13.0. The number of ether oxygens (including phenoxy) is 2. The van der Waals surface area contributed by atoms with Gasteiger partial charge < -0.3 is 20.1 Å². The third-order valence-electron chi connectivity index (χ3n) is 7.61. The highest BCUT2D eigenvalue weighted by Gasteiger charge is 2.43. The van der Waals surface area contributed by atoms with E-state index in [2.05, 4.69) is 4.74 Å². The van der Waals surface area contributed by atoms with Crippen LogP contribution < -0.4 is 10.5 Å². The van der Waals surface area contributed by atoms with Crippen LogP contribution in [0.3, 0.4) is 0 Å². The third kappa shape index (κ3) is 8.23. The summed E-state index contributed by atoms with van der Waals surface area (Å²) in [4.78, 5) is 29.3. The second kappa shape index (κ2) is 14.6. The van der Waals surface area contributed by atoms with Gasteiger partial charge in [-0.3, -0.25) is 9.59 Å². The van der Waals surface area contributed by atoms with Crippen molar-refractivity contribution in [3.63, 3.8) is 0 Å². The van der Waals surface area contributed by atoms with E-state index < -0.39 is 35.5 Å². The number of likely N-dealkylation sites (N-methyl/N-ethyl adjacent to an activating group) is 1. The summed E-state index contributed by atoms with van der Waals surface area (Å²) in [6.07, 6.45) is -5.32. The van der Waals surface area contributed by atoms with Gasteiger partial charge in [0.2, 0.25) is 5.91 Å². The number of carbonyl (C=O) groups is 2. The van der Waals surface area contributed by atoms with Crippen LogP contribution in [0.1, 0.15) is 35.6 Å². The van der Waals surface area contributed by atoms with Gasteiger partial charge in [-0.2, -0.15) is 0 Å². The Labute approximate surface area is 265 Å². The first-order chi connectivity index (χ1) is 21.4. The molecule has 2 N–H and O–H groups in total. The highest BCUT2D eigenvalue weighted by molar-refractivity contribution is 6.31. The summed E-state index contributed by atoms with van der Waals surface area (Å²) in [7, 11) is 1.57. The van der Waals surface area contributed by atoms with E-state index >= 15 is 0 Å². The predicted molar refractivity (Wildman–Crippen MR) is 167 cm³/mol. The summed E-state index contributed by atoms with van der Waals surface area (Å²) < 4.78 is 49.3. The van der Waals surface area contributed by atoms with Crippen molar-refractivity contribution in [2.45, 2.75) is 37.8 Å². The molecule has 1 amide bonds. The van der Waals surface area contributed by atoms with E-state index in [-0.39, 0.29) is 25.4 Å². The standard InChI is InChI=1S/C35H34ClF3N2O4/c1-24(23-40)41(2)33(43)26(20-25-12-11-17-29(21-25)44-35(37,38)39)22-32(42)45-34(27-13-5-3-6-14-27,28-15-7-4-8-16-28)30-18-9-10-19-31(30)36/h3-19,21,24,26H,20,22-23,40H2,1-2H3/t24-,26+/m0/s1. The molecule has 4 rings (SSSR count). The lowest BCUT2D eigenvalue weighted by Gasteiger charge is -2.36. The molecule has 0 heterocycles. The summed E-state index contributed by atoms with van der Waals surface area (Å²) in [5, 5.41) is 0.364. The Balaban J connectivity index is 1.76. The number of benzene rings is 4. The van der Waals surface area contributed by atoms with Crippen LogP contribution in [-0.2, 0) is 26.3 Å². The molecular weight excluding hydrogens is 605 g/mol. The number of hydrogen-bond acceptors (Lipinski definition) is 5. The van der Waals surface area contributed by atoms with Crippen LogP contribution in [0.15, 0.2) is 109 Å². The molecule has 0 aliphatic rings. The van der Waals surface area contributed by atoms with Crippen molar-refractivity contribution in [3.05, 3.63) is 136 Å². The Bertz CT molecular complexity index is 1550. The quantitative estimate of drug-likeness (QED) is 0.132. The van der Waals surface area contributed by atoms with Gasteiger partial charge in [0, 0.05) is 41.3 Å². The molecular formula is C35H34ClF3N2O4. The highest BCUT2D eigenvalue weighted by Crippen LogP contribution is 2.44. The Hall–Kier alpha value is -4.34. The van der Waals surface area contributed by atoms with Crippen molar-refractivity contribution in [2.24, 2.45) is 11.7 Å². The number of carbonyl (C=O) groups excluding carboxylic acids is 2. The lowest BCUT2D eigenvalue weighted by atomic mass is 9.80. The first kappa shape index (κ1) is 33.6. The summed E-state index contributed by atoms with van der Waals surface area (Å²) in [5.74, 6) is -2.54. The smallest absolute Gasteiger partial charge is 0.444 e. The third-order valence-corrected chi connectivity index (χ3v) is 7.94. The number of hydrogen-bond donors (Lipinski definition) is 1. The minimum atomic E-state index is -4.88. The van der Waals surface area contributed by atoms with Crippen LogP contribution in [0.4, 0.5) is 13.2 Å². The second-order valence-electron chi connectivity index (χ2n) is 10.7. The molecule has 2 atom stereocenters. The number of rotatable bonds is 12. The summed E-state index contributed by atoms with van der Waals surface area (Å²) in [5.41, 5.74) is 6.49. The predicted octanol–water partition coefficient (Wildman–Crippen LogP) is 7.13. The van der Waals surface area contributed by atoms with Crippen molar-refractivity contribution in [2.75, 3.05) is 13.6 Å². The van der Waals surface area contributed by atoms with E-state index in [4.69, 9.17) is 22.1 Å². The van der Waals surface area contributed by atoms with Crippen molar-refractivity contribution in [1.82, 2.24) is 4.90 Å². The van der Waals surface area contributed by atoms with E-state index in [9.17, 15) is 22.8 Å². The number of amides is 1. The first-order valence-corrected chi connectivity index (χ1v) is 14.7. The zero-order valence-corrected chi connectivity index (χ0v) is 25.6. The highest BCUT2D eigenvalue weighted by atomic mass is 35.5. The molecule has 0 aliphatic carbocycles. The maximum atomic E-state index is 14.1. The van der Waals surface area contributed by atoms with Gasteiger partial charge in [0.25, 0.3) is 0 Å². The van der Waals surface area contributed by atoms with Gasteiger partial charge in [-0.05, 0) is 37.1 Å². The molecule has 4 aromatic carbocycles. The molecule has 4 aromatic rings. The van der Waals surface area contributed by atoms with E-state index in [1.165, 1.54) is 23.1 Å². The average molecular weight is 639 g/mol. The number of alkyl halides is 3. The molecule has 0 saturated carbocycles. The van der Waals surface area contributed by atoms with Crippen molar-refractivity contribution >= 4 is 23.5 Å². The maximum Gasteiger partial charge on any atom is 0.573 e. The van der Waals surface area contributed by atoms with Gasteiger partial charge in [-0.15, -0.1) is 13.2 Å². The molecule has 10 heteroatoms. The van der Waals surface area contributed by atoms with Crippen LogP contribution in [0, 0.1) is 5.92 Å². The molecule has 236 valence electrons. The zero-order chi connectivity index (χ0) is 32.6. The fourth-order valence-electron chi connectivity index (χ4n) is 5.22. The van der Waals surface area contributed by atoms with E-state index in [1.807, 2.05) is 60.7 Å². The first-order valence-electron chi connectivity index (χ1n) is 14.3. The minimum Gasteiger partial charge on any atom is -0.444 e. The van der Waals surface area contributed by atoms with Gasteiger partial charge in [0.1, 0.15) is 5.75 Å². The van der Waals surface area contributed by atoms with Gasteiger partial charge in [0.15, 0.2) is 5.60 Å². The molecule has 0 radical (unpaired) electrons. The lowest BCUT2D eigenvalue weighted by Crippen LogP contribution is -2.44. The fourth-order valence-corrected chi connectivity index (χ4v) is 5.49. The average Bonchev–Trinajstić information content (AvgIpc) is 3.03. The Morgan fingerprint density at radius 3 is 2.00 bits per heavy atom. The largest absolute Gasteiger partial charge is 0.573 e. The number of esters is 1. The van der Waals surface area contributed by atoms with Crippen LogP contribution in [0.25, 0.3) is 0 Å². The van der Waals surface area contributed by atoms with Crippen LogP contribution in [-0.4, -0.2) is 42.8 Å². The van der Waals surface area contributed by atoms with Gasteiger partial charge in [-0.1, -0.05) is 103 Å². The molecule has 0 spiro atoms. The molecule has 0 aromatic heterocycles. The number of nitrogens with two attached hydrogens (primary N) is 1. The zero-order valence-electron chi connectivity index (χ0n) is 24.8. The van der Waals surface area contributed by atoms with Gasteiger partial charge >= 0.3 is 12.3 Å². The Kier molecular flexibility index (Phi) is 10.9. The molecule has 0 saturated heterocycles. The van der Waals surface area contributed by atoms with E-state index in [0.717, 1.165) is 0 Å². The van der Waals surface area contributed by atoms with Crippen molar-refractivity contribution in [3.8, 4) is 5.75 Å². The summed E-state index contributed by atoms with van der Waals surface area (Å²) in [6.45, 7) is 1.93. The van der Waals surface area contributed by atoms with Gasteiger partial charge in [0.05, 0.1) is 12.3 Å². The SMILES string of the molecule is C[C@@H](CN)N(C)C(=O)[C@@H](CC(=O)OC(c1ccccc1)(c1ccccc1)c1ccccc1Cl)Cc1cccc(OC(F)(F)F)c1. The topological polar surface area (TPSA) is 81.9 Å². The van der Waals surface area contributed by atoms with Crippen LogP contribution >= 0.6 is 11.6 Å². The molecule has 0 unspecified atom stereocenters. The monoisotopic (exact) mass is 638 g/mol. The summed E-state index contributed by atoms with van der Waals surface area (Å²) in [6, 6.07) is 30.3. The summed E-state index contributed by atoms with van der Waals surface area (Å²) >= 11 is 6.75.